The molecule has 1 amide bonds. The Morgan fingerprint density at radius 3 is 2.63 bits per heavy atom. The Kier molecular flexibility index (Phi) is 8.27. The minimum atomic E-state index is -0.404. The monoisotopic (exact) mass is 470 g/mol. The first-order valence-electron chi connectivity index (χ1n) is 11.5. The van der Waals surface area contributed by atoms with Crippen LogP contribution in [0.2, 0.25) is 0 Å². The van der Waals surface area contributed by atoms with Crippen molar-refractivity contribution in [3.63, 3.8) is 0 Å². The molecule has 1 aliphatic heterocycles. The van der Waals surface area contributed by atoms with Gasteiger partial charge in [-0.2, -0.15) is 5.10 Å². The number of ether oxygens (including phenoxy) is 2. The van der Waals surface area contributed by atoms with Gasteiger partial charge in [-0.15, -0.1) is 0 Å². The van der Waals surface area contributed by atoms with Gasteiger partial charge in [0.15, 0.2) is 11.5 Å². The number of hydrazone groups is 1. The van der Waals surface area contributed by atoms with E-state index in [0.717, 1.165) is 16.7 Å². The number of hydrogen-bond acceptors (Lipinski definition) is 6. The largest absolute Gasteiger partial charge is 0.493 e. The van der Waals surface area contributed by atoms with E-state index in [0.29, 0.717) is 24.5 Å². The van der Waals surface area contributed by atoms with E-state index in [2.05, 4.69) is 52.6 Å². The van der Waals surface area contributed by atoms with Gasteiger partial charge in [-0.1, -0.05) is 72.3 Å². The molecule has 7 heteroatoms. The molecule has 2 unspecified atom stereocenters. The lowest BCUT2D eigenvalue weighted by molar-refractivity contribution is -0.122. The highest BCUT2D eigenvalue weighted by molar-refractivity contribution is 5.84. The lowest BCUT2D eigenvalue weighted by atomic mass is 10.0. The molecule has 0 aromatic heterocycles. The predicted octanol–water partition coefficient (Wildman–Crippen LogP) is 4.31. The molecule has 0 bridgehead atoms. The highest BCUT2D eigenvalue weighted by Gasteiger charge is 2.30. The Hall–Kier alpha value is -3.94. The van der Waals surface area contributed by atoms with Crippen molar-refractivity contribution in [1.82, 2.24) is 16.3 Å². The Morgan fingerprint density at radius 2 is 1.86 bits per heavy atom. The Morgan fingerprint density at radius 1 is 1.06 bits per heavy atom. The Bertz CT molecular complexity index is 1180. The van der Waals surface area contributed by atoms with E-state index < -0.39 is 6.04 Å². The van der Waals surface area contributed by atoms with Crippen LogP contribution in [-0.2, 0) is 11.4 Å². The fourth-order valence-corrected chi connectivity index (χ4v) is 3.75. The molecule has 0 saturated carbocycles. The molecule has 1 saturated heterocycles. The number of hydrazine groups is 1. The van der Waals surface area contributed by atoms with E-state index in [1.54, 1.807) is 19.4 Å². The maximum atomic E-state index is 12.5. The minimum absolute atomic E-state index is 0.0484. The normalized spacial score (nSPS) is 17.7. The molecule has 3 aromatic carbocycles. The number of aryl methyl sites for hydroxylation is 1. The molecule has 0 spiro atoms. The van der Waals surface area contributed by atoms with Crippen LogP contribution in [0.5, 0.6) is 11.5 Å². The summed E-state index contributed by atoms with van der Waals surface area (Å²) in [6, 6.07) is 23.5. The van der Waals surface area contributed by atoms with Crippen LogP contribution in [0.15, 0.2) is 84.0 Å². The Labute approximate surface area is 205 Å². The quantitative estimate of drug-likeness (QED) is 0.321. The molecular formula is C28H30N4O3. The van der Waals surface area contributed by atoms with Crippen LogP contribution in [0.25, 0.3) is 6.08 Å². The molecule has 3 N–H and O–H groups in total. The molecule has 1 heterocycles. The summed E-state index contributed by atoms with van der Waals surface area (Å²) >= 11 is 0. The van der Waals surface area contributed by atoms with Crippen molar-refractivity contribution in [2.45, 2.75) is 32.0 Å². The summed E-state index contributed by atoms with van der Waals surface area (Å²) in [5.41, 5.74) is 13.2. The van der Waals surface area contributed by atoms with Gasteiger partial charge >= 0.3 is 0 Å². The van der Waals surface area contributed by atoms with Crippen LogP contribution >= 0.6 is 0 Å². The fraction of sp³-hybridized carbons (Fsp3) is 0.214. The summed E-state index contributed by atoms with van der Waals surface area (Å²) in [5.74, 6) is 1.13. The second-order valence-corrected chi connectivity index (χ2v) is 8.34. The third-order valence-corrected chi connectivity index (χ3v) is 5.75. The standard InChI is InChI=1S/C28H30N4O3/c1-20-10-12-22(13-11-20)19-35-26-15-14-23(17-27(26)34-2)24-18-25(31-30-24)28(33)32-29-16-6-9-21-7-4-3-5-8-21/h3-17,24-25,30-31H,18-19H2,1-2H3,(H,32,33)/b9-6+,29-16+. The number of allylic oxidation sites excluding steroid dienone is 1. The number of hydrogen-bond donors (Lipinski definition) is 3. The number of methoxy groups -OCH3 is 1. The molecule has 35 heavy (non-hydrogen) atoms. The van der Waals surface area contributed by atoms with E-state index in [9.17, 15) is 4.79 Å². The van der Waals surface area contributed by atoms with Gasteiger partial charge in [-0.25, -0.2) is 16.3 Å². The molecule has 0 aliphatic carbocycles. The smallest absolute Gasteiger partial charge is 0.258 e. The molecule has 2 atom stereocenters. The van der Waals surface area contributed by atoms with E-state index in [1.807, 2.05) is 54.6 Å². The predicted molar refractivity (Wildman–Crippen MR) is 138 cm³/mol. The molecule has 4 rings (SSSR count). The molecular weight excluding hydrogens is 440 g/mol. The number of benzene rings is 3. The van der Waals surface area contributed by atoms with Gasteiger partial charge in [-0.3, -0.25) is 4.79 Å². The third-order valence-electron chi connectivity index (χ3n) is 5.75. The Balaban J connectivity index is 1.29. The topological polar surface area (TPSA) is 84.0 Å². The summed E-state index contributed by atoms with van der Waals surface area (Å²) in [4.78, 5) is 12.5. The van der Waals surface area contributed by atoms with Crippen molar-refractivity contribution in [2.75, 3.05) is 7.11 Å². The molecule has 1 aliphatic rings. The average molecular weight is 471 g/mol. The first-order valence-corrected chi connectivity index (χ1v) is 11.5. The van der Waals surface area contributed by atoms with Crippen LogP contribution in [0.1, 0.15) is 34.7 Å². The van der Waals surface area contributed by atoms with E-state index in [1.165, 1.54) is 5.56 Å². The first-order chi connectivity index (χ1) is 17.1. The van der Waals surface area contributed by atoms with Crippen molar-refractivity contribution in [3.05, 3.63) is 101 Å². The average Bonchev–Trinajstić information content (AvgIpc) is 3.39. The summed E-state index contributed by atoms with van der Waals surface area (Å²) in [5, 5.41) is 4.00. The number of nitrogens with one attached hydrogen (secondary N) is 3. The van der Waals surface area contributed by atoms with E-state index >= 15 is 0 Å². The van der Waals surface area contributed by atoms with Crippen LogP contribution in [-0.4, -0.2) is 25.3 Å². The highest BCUT2D eigenvalue weighted by atomic mass is 16.5. The maximum Gasteiger partial charge on any atom is 0.258 e. The SMILES string of the molecule is COc1cc(C2CC(C(=O)N/N=C/C=C/c3ccccc3)NN2)ccc1OCc1ccc(C)cc1. The lowest BCUT2D eigenvalue weighted by Crippen LogP contribution is -2.41. The zero-order valence-electron chi connectivity index (χ0n) is 19.9. The van der Waals surface area contributed by atoms with Crippen molar-refractivity contribution in [1.29, 1.82) is 0 Å². The number of amides is 1. The second-order valence-electron chi connectivity index (χ2n) is 8.34. The van der Waals surface area contributed by atoms with Crippen LogP contribution in [0, 0.1) is 6.92 Å². The van der Waals surface area contributed by atoms with Crippen LogP contribution in [0.4, 0.5) is 0 Å². The molecule has 180 valence electrons. The molecule has 7 nitrogen and oxygen atoms in total. The number of carbonyl (C=O) groups excluding carboxylic acids is 1. The summed E-state index contributed by atoms with van der Waals surface area (Å²) in [6.45, 7) is 2.52. The molecule has 1 fully saturated rings. The molecule has 0 radical (unpaired) electrons. The van der Waals surface area contributed by atoms with Crippen molar-refractivity contribution >= 4 is 18.2 Å². The van der Waals surface area contributed by atoms with Crippen LogP contribution < -0.4 is 25.8 Å². The van der Waals surface area contributed by atoms with E-state index in [-0.39, 0.29) is 11.9 Å². The van der Waals surface area contributed by atoms with Gasteiger partial charge in [-0.05, 0) is 48.2 Å². The minimum Gasteiger partial charge on any atom is -0.493 e. The zero-order valence-corrected chi connectivity index (χ0v) is 19.9. The van der Waals surface area contributed by atoms with Crippen molar-refractivity contribution in [3.8, 4) is 11.5 Å². The van der Waals surface area contributed by atoms with Gasteiger partial charge in [0.2, 0.25) is 0 Å². The van der Waals surface area contributed by atoms with Gasteiger partial charge in [0.05, 0.1) is 7.11 Å². The first kappa shape index (κ1) is 24.2. The van der Waals surface area contributed by atoms with Gasteiger partial charge in [0.25, 0.3) is 5.91 Å². The number of rotatable bonds is 9. The van der Waals surface area contributed by atoms with E-state index in [4.69, 9.17) is 9.47 Å². The fourth-order valence-electron chi connectivity index (χ4n) is 3.75. The number of nitrogens with zero attached hydrogens (tertiary/aromatic N) is 1. The van der Waals surface area contributed by atoms with Crippen molar-refractivity contribution in [2.24, 2.45) is 5.10 Å². The van der Waals surface area contributed by atoms with Gasteiger partial charge in [0.1, 0.15) is 12.6 Å². The maximum absolute atomic E-state index is 12.5. The summed E-state index contributed by atoms with van der Waals surface area (Å²) < 4.78 is 11.5. The van der Waals surface area contributed by atoms with Gasteiger partial charge < -0.3 is 9.47 Å². The lowest BCUT2D eigenvalue weighted by Gasteiger charge is -2.15. The third kappa shape index (κ3) is 6.79. The van der Waals surface area contributed by atoms with Crippen molar-refractivity contribution < 1.29 is 14.3 Å². The summed E-state index contributed by atoms with van der Waals surface area (Å²) in [6.07, 6.45) is 5.84. The highest BCUT2D eigenvalue weighted by Crippen LogP contribution is 2.33. The second kappa shape index (κ2) is 12.0. The summed E-state index contributed by atoms with van der Waals surface area (Å²) in [7, 11) is 1.62. The van der Waals surface area contributed by atoms with Gasteiger partial charge in [0, 0.05) is 12.3 Å². The van der Waals surface area contributed by atoms with Crippen LogP contribution in [0.3, 0.4) is 0 Å². The molecule has 3 aromatic rings. The zero-order chi connectivity index (χ0) is 24.5. The number of carbonyl (C=O) groups is 1.